The van der Waals surface area contributed by atoms with Gasteiger partial charge in [-0.1, -0.05) is 42.5 Å². The second-order valence-electron chi connectivity index (χ2n) is 4.31. The molecule has 84 valence electrons. The van der Waals surface area contributed by atoms with Crippen molar-refractivity contribution in [3.8, 4) is 0 Å². The van der Waals surface area contributed by atoms with Crippen LogP contribution >= 0.6 is 0 Å². The highest BCUT2D eigenvalue weighted by Crippen LogP contribution is 2.30. The minimum Gasteiger partial charge on any atom is -0.342 e. The Balaban J connectivity index is 1.82. The van der Waals surface area contributed by atoms with E-state index >= 15 is 0 Å². The highest BCUT2D eigenvalue weighted by molar-refractivity contribution is 5.81. The molecule has 0 heterocycles. The molecule has 0 saturated heterocycles. The van der Waals surface area contributed by atoms with Gasteiger partial charge in [0.25, 0.3) is 0 Å². The number of hydrogen-bond donors (Lipinski definition) is 0. The lowest BCUT2D eigenvalue weighted by Crippen LogP contribution is -2.27. The molecule has 2 heteroatoms. The Kier molecular flexibility index (Phi) is 3.40. The predicted octanol–water partition coefficient (Wildman–Crippen LogP) is 2.57. The molecular weight excluding hydrogens is 198 g/mol. The smallest absolute Gasteiger partial charge is 0.225 e. The zero-order valence-corrected chi connectivity index (χ0v) is 9.60. The first-order valence-corrected chi connectivity index (χ1v) is 5.74. The molecule has 0 bridgehead atoms. The van der Waals surface area contributed by atoms with Crippen molar-refractivity contribution in [1.29, 1.82) is 0 Å². The van der Waals surface area contributed by atoms with Crippen LogP contribution in [0.2, 0.25) is 0 Å². The van der Waals surface area contributed by atoms with Crippen molar-refractivity contribution in [3.05, 3.63) is 42.0 Å². The summed E-state index contributed by atoms with van der Waals surface area (Å²) >= 11 is 0. The molecule has 1 aromatic carbocycles. The summed E-state index contributed by atoms with van der Waals surface area (Å²) in [5.41, 5.74) is 1.18. The van der Waals surface area contributed by atoms with Crippen LogP contribution in [0.4, 0.5) is 0 Å². The summed E-state index contributed by atoms with van der Waals surface area (Å²) in [4.78, 5) is 13.4. The van der Waals surface area contributed by atoms with Crippen LogP contribution in [0, 0.1) is 5.92 Å². The Morgan fingerprint density at radius 2 is 2.06 bits per heavy atom. The molecule has 1 aliphatic rings. The standard InChI is InChI=1S/C14H17NO/c1-15(14(16)13-9-10-13)11-5-8-12-6-3-2-4-7-12/h2-8,13H,9-11H2,1H3/b8-5-. The highest BCUT2D eigenvalue weighted by Gasteiger charge is 2.31. The molecule has 2 nitrogen and oxygen atoms in total. The Bertz CT molecular complexity index is 379. The Labute approximate surface area is 96.6 Å². The van der Waals surface area contributed by atoms with E-state index in [1.165, 1.54) is 5.56 Å². The van der Waals surface area contributed by atoms with E-state index in [9.17, 15) is 4.79 Å². The molecule has 0 radical (unpaired) electrons. The van der Waals surface area contributed by atoms with Gasteiger partial charge in [-0.15, -0.1) is 0 Å². The molecule has 0 aliphatic heterocycles. The van der Waals surface area contributed by atoms with Crippen molar-refractivity contribution < 1.29 is 4.79 Å². The zero-order valence-electron chi connectivity index (χ0n) is 9.60. The molecule has 1 aliphatic carbocycles. The number of benzene rings is 1. The Hall–Kier alpha value is -1.57. The minimum atomic E-state index is 0.290. The van der Waals surface area contributed by atoms with E-state index in [4.69, 9.17) is 0 Å². The molecule has 0 spiro atoms. The summed E-state index contributed by atoms with van der Waals surface area (Å²) in [6.45, 7) is 0.699. The van der Waals surface area contributed by atoms with Gasteiger partial charge in [-0.3, -0.25) is 4.79 Å². The first kappa shape index (κ1) is 10.9. The van der Waals surface area contributed by atoms with Crippen LogP contribution in [0.3, 0.4) is 0 Å². The number of rotatable bonds is 4. The fourth-order valence-corrected chi connectivity index (χ4v) is 1.64. The Morgan fingerprint density at radius 1 is 1.38 bits per heavy atom. The van der Waals surface area contributed by atoms with Crippen molar-refractivity contribution in [2.24, 2.45) is 5.92 Å². The maximum absolute atomic E-state index is 11.6. The van der Waals surface area contributed by atoms with Crippen molar-refractivity contribution in [2.45, 2.75) is 12.8 Å². The van der Waals surface area contributed by atoms with Gasteiger partial charge >= 0.3 is 0 Å². The summed E-state index contributed by atoms with van der Waals surface area (Å²) < 4.78 is 0. The van der Waals surface area contributed by atoms with Crippen molar-refractivity contribution >= 4 is 12.0 Å². The molecule has 2 rings (SSSR count). The van der Waals surface area contributed by atoms with Crippen LogP contribution in [0.5, 0.6) is 0 Å². The van der Waals surface area contributed by atoms with Gasteiger partial charge in [-0.05, 0) is 18.4 Å². The highest BCUT2D eigenvalue weighted by atomic mass is 16.2. The first-order chi connectivity index (χ1) is 7.77. The van der Waals surface area contributed by atoms with E-state index in [1.54, 1.807) is 4.90 Å². The van der Waals surface area contributed by atoms with E-state index in [0.29, 0.717) is 12.5 Å². The summed E-state index contributed by atoms with van der Waals surface area (Å²) in [7, 11) is 1.87. The lowest BCUT2D eigenvalue weighted by molar-refractivity contribution is -0.130. The van der Waals surface area contributed by atoms with Gasteiger partial charge in [-0.2, -0.15) is 0 Å². The molecule has 1 aromatic rings. The number of amides is 1. The summed E-state index contributed by atoms with van der Waals surface area (Å²) in [5, 5.41) is 0. The van der Waals surface area contributed by atoms with Crippen LogP contribution in [-0.2, 0) is 4.79 Å². The molecule has 1 fully saturated rings. The van der Waals surface area contributed by atoms with Crippen LogP contribution in [0.1, 0.15) is 18.4 Å². The van der Waals surface area contributed by atoms with Gasteiger partial charge in [0, 0.05) is 19.5 Å². The van der Waals surface area contributed by atoms with Crippen LogP contribution in [-0.4, -0.2) is 24.4 Å². The maximum atomic E-state index is 11.6. The van der Waals surface area contributed by atoms with E-state index in [0.717, 1.165) is 12.8 Å². The average molecular weight is 215 g/mol. The van der Waals surface area contributed by atoms with Crippen LogP contribution < -0.4 is 0 Å². The largest absolute Gasteiger partial charge is 0.342 e. The third-order valence-corrected chi connectivity index (χ3v) is 2.79. The Morgan fingerprint density at radius 3 is 2.69 bits per heavy atom. The normalized spacial score (nSPS) is 15.3. The van der Waals surface area contributed by atoms with Gasteiger partial charge in [0.05, 0.1) is 0 Å². The predicted molar refractivity (Wildman–Crippen MR) is 65.8 cm³/mol. The molecule has 1 saturated carbocycles. The second-order valence-corrected chi connectivity index (χ2v) is 4.31. The molecule has 0 N–H and O–H groups in total. The molecule has 0 unspecified atom stereocenters. The van der Waals surface area contributed by atoms with Gasteiger partial charge < -0.3 is 4.90 Å². The first-order valence-electron chi connectivity index (χ1n) is 5.74. The van der Waals surface area contributed by atoms with Gasteiger partial charge in [0.2, 0.25) is 5.91 Å². The molecular formula is C14H17NO. The van der Waals surface area contributed by atoms with Gasteiger partial charge in [-0.25, -0.2) is 0 Å². The second kappa shape index (κ2) is 4.97. The van der Waals surface area contributed by atoms with Crippen LogP contribution in [0.15, 0.2) is 36.4 Å². The summed E-state index contributed by atoms with van der Waals surface area (Å²) in [5.74, 6) is 0.604. The topological polar surface area (TPSA) is 20.3 Å². The van der Waals surface area contributed by atoms with Crippen LogP contribution in [0.25, 0.3) is 6.08 Å². The quantitative estimate of drug-likeness (QED) is 0.756. The summed E-state index contributed by atoms with van der Waals surface area (Å²) in [6.07, 6.45) is 6.24. The number of nitrogens with zero attached hydrogens (tertiary/aromatic N) is 1. The summed E-state index contributed by atoms with van der Waals surface area (Å²) in [6, 6.07) is 10.1. The average Bonchev–Trinajstić information content (AvgIpc) is 3.13. The monoisotopic (exact) mass is 215 g/mol. The lowest BCUT2D eigenvalue weighted by atomic mass is 10.2. The maximum Gasteiger partial charge on any atom is 0.225 e. The molecule has 0 aromatic heterocycles. The molecule has 0 atom stereocenters. The van der Waals surface area contributed by atoms with Gasteiger partial charge in [0.1, 0.15) is 0 Å². The third kappa shape index (κ3) is 2.96. The lowest BCUT2D eigenvalue weighted by Gasteiger charge is -2.13. The number of carbonyl (C=O) groups is 1. The van der Waals surface area contributed by atoms with E-state index in [-0.39, 0.29) is 5.91 Å². The van der Waals surface area contributed by atoms with Crippen molar-refractivity contribution in [1.82, 2.24) is 4.90 Å². The van der Waals surface area contributed by atoms with E-state index in [1.807, 2.05) is 31.3 Å². The van der Waals surface area contributed by atoms with E-state index in [2.05, 4.69) is 18.2 Å². The van der Waals surface area contributed by atoms with E-state index < -0.39 is 0 Å². The molecule has 1 amide bonds. The van der Waals surface area contributed by atoms with Crippen molar-refractivity contribution in [2.75, 3.05) is 13.6 Å². The number of carbonyl (C=O) groups excluding carboxylic acids is 1. The molecule has 16 heavy (non-hydrogen) atoms. The van der Waals surface area contributed by atoms with Gasteiger partial charge in [0.15, 0.2) is 0 Å². The fraction of sp³-hybridized carbons (Fsp3) is 0.357. The SMILES string of the molecule is CN(C/C=C\c1ccccc1)C(=O)C1CC1. The third-order valence-electron chi connectivity index (χ3n) is 2.79. The number of likely N-dealkylation sites (N-methyl/N-ethyl adjacent to an activating group) is 1. The zero-order chi connectivity index (χ0) is 11.4. The number of hydrogen-bond acceptors (Lipinski definition) is 1. The fourth-order valence-electron chi connectivity index (χ4n) is 1.64. The minimum absolute atomic E-state index is 0.290. The van der Waals surface area contributed by atoms with Crippen molar-refractivity contribution in [3.63, 3.8) is 0 Å².